The number of nitrogens with zero attached hydrogens (tertiary/aromatic N) is 4. The van der Waals surface area contributed by atoms with E-state index in [0.717, 1.165) is 22.6 Å². The van der Waals surface area contributed by atoms with E-state index in [4.69, 9.17) is 21.7 Å². The molecule has 9 nitrogen and oxygen atoms in total. The molecule has 34 heavy (non-hydrogen) atoms. The first-order valence-corrected chi connectivity index (χ1v) is 11.3. The SMILES string of the molecule is COCCN1C(=S)N[C@H](c2ccccn2)[C@H]1c1cc(C)n(-c2cc([N+](=O)[O-])ccc2OC)c1C. The van der Waals surface area contributed by atoms with E-state index < -0.39 is 4.92 Å². The molecule has 1 aliphatic heterocycles. The largest absolute Gasteiger partial charge is 0.495 e. The highest BCUT2D eigenvalue weighted by Gasteiger charge is 2.41. The van der Waals surface area contributed by atoms with Gasteiger partial charge in [0.2, 0.25) is 0 Å². The van der Waals surface area contributed by atoms with Crippen molar-refractivity contribution in [1.29, 1.82) is 0 Å². The highest BCUT2D eigenvalue weighted by atomic mass is 32.1. The Bertz CT molecular complexity index is 1210. The number of nitro benzene ring substituents is 1. The Labute approximate surface area is 203 Å². The molecule has 3 aromatic rings. The fourth-order valence-electron chi connectivity index (χ4n) is 4.60. The molecule has 0 spiro atoms. The van der Waals surface area contributed by atoms with E-state index in [1.165, 1.54) is 6.07 Å². The molecule has 0 saturated carbocycles. The fraction of sp³-hybridized carbons (Fsp3) is 0.333. The molecule has 1 saturated heterocycles. The minimum Gasteiger partial charge on any atom is -0.495 e. The number of nitro groups is 1. The van der Waals surface area contributed by atoms with Crippen molar-refractivity contribution in [3.63, 3.8) is 0 Å². The second-order valence-corrected chi connectivity index (χ2v) is 8.47. The zero-order valence-electron chi connectivity index (χ0n) is 19.5. The van der Waals surface area contributed by atoms with Gasteiger partial charge in [0.15, 0.2) is 5.11 Å². The van der Waals surface area contributed by atoms with Crippen molar-refractivity contribution in [2.75, 3.05) is 27.4 Å². The van der Waals surface area contributed by atoms with E-state index in [-0.39, 0.29) is 17.8 Å². The van der Waals surface area contributed by atoms with Gasteiger partial charge in [0.05, 0.1) is 42.1 Å². The van der Waals surface area contributed by atoms with Gasteiger partial charge in [0.1, 0.15) is 5.75 Å². The molecule has 4 rings (SSSR count). The first-order chi connectivity index (χ1) is 16.4. The summed E-state index contributed by atoms with van der Waals surface area (Å²) in [5.41, 5.74) is 4.41. The summed E-state index contributed by atoms with van der Waals surface area (Å²) in [6, 6.07) is 12.2. The number of hydrogen-bond acceptors (Lipinski definition) is 6. The van der Waals surface area contributed by atoms with Gasteiger partial charge in [-0.05, 0) is 55.9 Å². The van der Waals surface area contributed by atoms with Crippen LogP contribution in [0.5, 0.6) is 5.75 Å². The van der Waals surface area contributed by atoms with Crippen molar-refractivity contribution in [3.8, 4) is 11.4 Å². The number of aryl methyl sites for hydroxylation is 1. The molecule has 0 amide bonds. The van der Waals surface area contributed by atoms with Crippen LogP contribution in [0.3, 0.4) is 0 Å². The van der Waals surface area contributed by atoms with Crippen molar-refractivity contribution in [2.24, 2.45) is 0 Å². The molecule has 0 aliphatic carbocycles. The van der Waals surface area contributed by atoms with Gasteiger partial charge < -0.3 is 24.3 Å². The average Bonchev–Trinajstić information content (AvgIpc) is 3.32. The number of hydrogen-bond donors (Lipinski definition) is 1. The summed E-state index contributed by atoms with van der Waals surface area (Å²) in [6.45, 7) is 5.11. The zero-order chi connectivity index (χ0) is 24.4. The standard InChI is InChI=1S/C24H27N5O4S/c1-15-13-18(16(2)28(15)20-14-17(29(30)31)8-9-21(20)33-4)23-22(19-7-5-6-10-25-19)26-24(34)27(23)11-12-32-3/h5-10,13-14,22-23H,11-12H2,1-4H3,(H,26,34)/t22-,23-/m1/s1. The fourth-order valence-corrected chi connectivity index (χ4v) is 4.93. The highest BCUT2D eigenvalue weighted by Crippen LogP contribution is 2.42. The Balaban J connectivity index is 1.86. The van der Waals surface area contributed by atoms with E-state index in [1.54, 1.807) is 32.5 Å². The predicted molar refractivity (Wildman–Crippen MR) is 132 cm³/mol. The van der Waals surface area contributed by atoms with Crippen LogP contribution < -0.4 is 10.1 Å². The van der Waals surface area contributed by atoms with E-state index in [9.17, 15) is 10.1 Å². The van der Waals surface area contributed by atoms with Crippen LogP contribution in [-0.2, 0) is 4.74 Å². The topological polar surface area (TPSA) is 94.7 Å². The number of methoxy groups -OCH3 is 2. The molecule has 1 aromatic carbocycles. The number of benzene rings is 1. The summed E-state index contributed by atoms with van der Waals surface area (Å²) in [5, 5.41) is 15.5. The average molecular weight is 482 g/mol. The van der Waals surface area contributed by atoms with Crippen LogP contribution in [0.4, 0.5) is 5.69 Å². The summed E-state index contributed by atoms with van der Waals surface area (Å²) in [4.78, 5) is 17.8. The van der Waals surface area contributed by atoms with Crippen LogP contribution in [0.25, 0.3) is 5.69 Å². The molecule has 10 heteroatoms. The highest BCUT2D eigenvalue weighted by molar-refractivity contribution is 7.80. The van der Waals surface area contributed by atoms with Crippen LogP contribution in [0, 0.1) is 24.0 Å². The number of pyridine rings is 1. The number of nitrogens with one attached hydrogen (secondary N) is 1. The number of rotatable bonds is 8. The van der Waals surface area contributed by atoms with E-state index >= 15 is 0 Å². The third-order valence-corrected chi connectivity index (χ3v) is 6.49. The van der Waals surface area contributed by atoms with Gasteiger partial charge in [0, 0.05) is 43.4 Å². The van der Waals surface area contributed by atoms with Crippen LogP contribution in [0.2, 0.25) is 0 Å². The third kappa shape index (κ3) is 4.22. The lowest BCUT2D eigenvalue weighted by Crippen LogP contribution is -2.32. The molecule has 2 aromatic heterocycles. The summed E-state index contributed by atoms with van der Waals surface area (Å²) < 4.78 is 12.9. The molecular formula is C24H27N5O4S. The molecule has 1 N–H and O–H groups in total. The molecule has 2 atom stereocenters. The summed E-state index contributed by atoms with van der Waals surface area (Å²) >= 11 is 5.70. The van der Waals surface area contributed by atoms with Gasteiger partial charge in [-0.3, -0.25) is 15.1 Å². The smallest absolute Gasteiger partial charge is 0.271 e. The van der Waals surface area contributed by atoms with Gasteiger partial charge in [-0.25, -0.2) is 0 Å². The lowest BCUT2D eigenvalue weighted by atomic mass is 9.97. The van der Waals surface area contributed by atoms with Gasteiger partial charge in [-0.1, -0.05) is 6.07 Å². The lowest BCUT2D eigenvalue weighted by molar-refractivity contribution is -0.384. The maximum absolute atomic E-state index is 11.5. The van der Waals surface area contributed by atoms with Crippen LogP contribution in [-0.4, -0.2) is 51.9 Å². The van der Waals surface area contributed by atoms with Crippen LogP contribution in [0.1, 0.15) is 34.7 Å². The minimum absolute atomic E-state index is 0.00152. The Hall–Kier alpha value is -3.50. The molecule has 1 aliphatic rings. The number of thiocarbonyl (C=S) groups is 1. The number of non-ortho nitro benzene ring substituents is 1. The van der Waals surface area contributed by atoms with Crippen molar-refractivity contribution in [1.82, 2.24) is 19.8 Å². The van der Waals surface area contributed by atoms with Gasteiger partial charge in [0.25, 0.3) is 5.69 Å². The Morgan fingerprint density at radius 1 is 1.21 bits per heavy atom. The van der Waals surface area contributed by atoms with Gasteiger partial charge >= 0.3 is 0 Å². The number of aromatic nitrogens is 2. The minimum atomic E-state index is -0.402. The Morgan fingerprint density at radius 3 is 2.65 bits per heavy atom. The second-order valence-electron chi connectivity index (χ2n) is 8.09. The second kappa shape index (κ2) is 9.78. The molecule has 178 valence electrons. The predicted octanol–water partition coefficient (Wildman–Crippen LogP) is 4.02. The lowest BCUT2D eigenvalue weighted by Gasteiger charge is -2.28. The first-order valence-electron chi connectivity index (χ1n) is 10.9. The Morgan fingerprint density at radius 2 is 2.00 bits per heavy atom. The maximum Gasteiger partial charge on any atom is 0.271 e. The van der Waals surface area contributed by atoms with Crippen molar-refractivity contribution in [3.05, 3.63) is 81.4 Å². The molecule has 0 radical (unpaired) electrons. The van der Waals surface area contributed by atoms with Crippen molar-refractivity contribution < 1.29 is 14.4 Å². The first kappa shape index (κ1) is 23.7. The normalized spacial score (nSPS) is 17.6. The van der Waals surface area contributed by atoms with Crippen molar-refractivity contribution in [2.45, 2.75) is 25.9 Å². The van der Waals surface area contributed by atoms with Crippen molar-refractivity contribution >= 4 is 23.0 Å². The number of ether oxygens (including phenoxy) is 2. The monoisotopic (exact) mass is 481 g/mol. The molecule has 1 fully saturated rings. The van der Waals surface area contributed by atoms with Crippen LogP contribution >= 0.6 is 12.2 Å². The summed E-state index contributed by atoms with van der Waals surface area (Å²) in [5.74, 6) is 0.552. The molecule has 0 bridgehead atoms. The maximum atomic E-state index is 11.5. The third-order valence-electron chi connectivity index (χ3n) is 6.14. The van der Waals surface area contributed by atoms with Crippen LogP contribution in [0.15, 0.2) is 48.7 Å². The molecule has 0 unspecified atom stereocenters. The van der Waals surface area contributed by atoms with Gasteiger partial charge in [-0.2, -0.15) is 0 Å². The Kier molecular flexibility index (Phi) is 6.80. The summed E-state index contributed by atoms with van der Waals surface area (Å²) in [6.07, 6.45) is 1.77. The van der Waals surface area contributed by atoms with E-state index in [2.05, 4.69) is 21.3 Å². The molecule has 3 heterocycles. The zero-order valence-corrected chi connectivity index (χ0v) is 20.3. The van der Waals surface area contributed by atoms with E-state index in [1.807, 2.05) is 36.6 Å². The molecular weight excluding hydrogens is 454 g/mol. The summed E-state index contributed by atoms with van der Waals surface area (Å²) in [7, 11) is 3.22. The van der Waals surface area contributed by atoms with E-state index in [0.29, 0.717) is 29.7 Å². The quantitative estimate of drug-likeness (QED) is 0.293. The van der Waals surface area contributed by atoms with Gasteiger partial charge in [-0.15, -0.1) is 0 Å².